The van der Waals surface area contributed by atoms with Gasteiger partial charge in [-0.2, -0.15) is 0 Å². The van der Waals surface area contributed by atoms with Crippen LogP contribution in [-0.4, -0.2) is 23.3 Å². The van der Waals surface area contributed by atoms with Gasteiger partial charge in [-0.3, -0.25) is 0 Å². The molecule has 0 aromatic heterocycles. The molecule has 0 radical (unpaired) electrons. The molecule has 1 saturated heterocycles. The lowest BCUT2D eigenvalue weighted by atomic mass is 9.98. The highest BCUT2D eigenvalue weighted by Gasteiger charge is 2.22. The first-order valence-corrected chi connectivity index (χ1v) is 4.04. The molecule has 1 heterocycles. The van der Waals surface area contributed by atoms with Crippen molar-refractivity contribution in [2.75, 3.05) is 6.54 Å². The van der Waals surface area contributed by atoms with E-state index >= 15 is 0 Å². The number of hydrogen-bond donors (Lipinski definition) is 2. The third-order valence-electron chi connectivity index (χ3n) is 1.91. The van der Waals surface area contributed by atoms with Crippen LogP contribution < -0.4 is 5.32 Å². The fourth-order valence-electron chi connectivity index (χ4n) is 1.53. The van der Waals surface area contributed by atoms with Gasteiger partial charge in [-0.1, -0.05) is 0 Å². The number of rotatable bonds is 2. The van der Waals surface area contributed by atoms with Crippen molar-refractivity contribution >= 4 is 0 Å². The first kappa shape index (κ1) is 8.02. The molecule has 0 aromatic rings. The number of nitrogens with one attached hydrogen (secondary N) is 1. The van der Waals surface area contributed by atoms with Gasteiger partial charge in [0.15, 0.2) is 0 Å². The Hall–Kier alpha value is -0.0800. The van der Waals surface area contributed by atoms with Crippen molar-refractivity contribution in [2.45, 2.75) is 44.8 Å². The zero-order valence-electron chi connectivity index (χ0n) is 6.85. The van der Waals surface area contributed by atoms with E-state index in [1.165, 1.54) is 12.8 Å². The Labute approximate surface area is 62.6 Å². The summed E-state index contributed by atoms with van der Waals surface area (Å²) in [5.41, 5.74) is -0.498. The molecule has 10 heavy (non-hydrogen) atoms. The summed E-state index contributed by atoms with van der Waals surface area (Å²) in [6, 6.07) is 0.556. The highest BCUT2D eigenvalue weighted by molar-refractivity contribution is 4.80. The summed E-state index contributed by atoms with van der Waals surface area (Å²) in [5.74, 6) is 0. The van der Waals surface area contributed by atoms with Crippen molar-refractivity contribution in [3.63, 3.8) is 0 Å². The van der Waals surface area contributed by atoms with Crippen LogP contribution >= 0.6 is 0 Å². The molecule has 0 spiro atoms. The van der Waals surface area contributed by atoms with Crippen LogP contribution in [0.15, 0.2) is 0 Å². The van der Waals surface area contributed by atoms with E-state index in [-0.39, 0.29) is 0 Å². The van der Waals surface area contributed by atoms with E-state index in [9.17, 15) is 5.11 Å². The third-order valence-corrected chi connectivity index (χ3v) is 1.91. The Bertz CT molecular complexity index is 100. The Balaban J connectivity index is 2.24. The lowest BCUT2D eigenvalue weighted by Gasteiger charge is -2.21. The largest absolute Gasteiger partial charge is 0.390 e. The molecule has 2 nitrogen and oxygen atoms in total. The van der Waals surface area contributed by atoms with Crippen LogP contribution in [0.5, 0.6) is 0 Å². The fraction of sp³-hybridized carbons (Fsp3) is 1.00. The minimum atomic E-state index is -0.498. The zero-order chi connectivity index (χ0) is 7.61. The number of aliphatic hydroxyl groups is 1. The lowest BCUT2D eigenvalue weighted by molar-refractivity contribution is 0.0614. The predicted molar refractivity (Wildman–Crippen MR) is 41.9 cm³/mol. The molecule has 2 heteroatoms. The lowest BCUT2D eigenvalue weighted by Crippen LogP contribution is -2.31. The maximum Gasteiger partial charge on any atom is 0.0606 e. The molecule has 1 aliphatic heterocycles. The van der Waals surface area contributed by atoms with E-state index in [1.807, 2.05) is 13.8 Å². The van der Waals surface area contributed by atoms with Crippen molar-refractivity contribution in [1.29, 1.82) is 0 Å². The van der Waals surface area contributed by atoms with Gasteiger partial charge in [0.1, 0.15) is 0 Å². The SMILES string of the molecule is CC(C)(O)C[C@H]1CCCN1. The summed E-state index contributed by atoms with van der Waals surface area (Å²) >= 11 is 0. The first-order valence-electron chi connectivity index (χ1n) is 4.04. The molecular weight excluding hydrogens is 126 g/mol. The van der Waals surface area contributed by atoms with Crippen molar-refractivity contribution in [3.8, 4) is 0 Å². The summed E-state index contributed by atoms with van der Waals surface area (Å²) in [6.07, 6.45) is 3.37. The number of hydrogen-bond acceptors (Lipinski definition) is 2. The highest BCUT2D eigenvalue weighted by atomic mass is 16.3. The summed E-state index contributed by atoms with van der Waals surface area (Å²) in [5, 5.41) is 12.8. The molecule has 0 unspecified atom stereocenters. The molecule has 1 aliphatic rings. The van der Waals surface area contributed by atoms with E-state index in [1.54, 1.807) is 0 Å². The van der Waals surface area contributed by atoms with E-state index in [0.717, 1.165) is 13.0 Å². The maximum atomic E-state index is 9.44. The Morgan fingerprint density at radius 2 is 2.30 bits per heavy atom. The quantitative estimate of drug-likeness (QED) is 0.602. The van der Waals surface area contributed by atoms with Gasteiger partial charge in [-0.25, -0.2) is 0 Å². The molecule has 0 aromatic carbocycles. The van der Waals surface area contributed by atoms with Gasteiger partial charge in [0, 0.05) is 6.04 Å². The normalized spacial score (nSPS) is 27.3. The van der Waals surface area contributed by atoms with Crippen LogP contribution in [-0.2, 0) is 0 Å². The van der Waals surface area contributed by atoms with Gasteiger partial charge in [0.05, 0.1) is 5.60 Å². The molecule has 1 fully saturated rings. The van der Waals surface area contributed by atoms with Crippen molar-refractivity contribution < 1.29 is 5.11 Å². The maximum absolute atomic E-state index is 9.44. The smallest absolute Gasteiger partial charge is 0.0606 e. The van der Waals surface area contributed by atoms with Crippen LogP contribution in [0.3, 0.4) is 0 Å². The highest BCUT2D eigenvalue weighted by Crippen LogP contribution is 2.17. The van der Waals surface area contributed by atoms with Crippen LogP contribution in [0.4, 0.5) is 0 Å². The average Bonchev–Trinajstić information content (AvgIpc) is 2.12. The topological polar surface area (TPSA) is 32.3 Å². The minimum absolute atomic E-state index is 0.498. The summed E-state index contributed by atoms with van der Waals surface area (Å²) in [6.45, 7) is 4.86. The van der Waals surface area contributed by atoms with Crippen molar-refractivity contribution in [1.82, 2.24) is 5.32 Å². The van der Waals surface area contributed by atoms with Gasteiger partial charge >= 0.3 is 0 Å². The van der Waals surface area contributed by atoms with E-state index in [2.05, 4.69) is 5.32 Å². The second kappa shape index (κ2) is 2.89. The second-order valence-electron chi connectivity index (χ2n) is 3.81. The Kier molecular flexibility index (Phi) is 2.32. The van der Waals surface area contributed by atoms with Crippen LogP contribution in [0.25, 0.3) is 0 Å². The van der Waals surface area contributed by atoms with E-state index in [4.69, 9.17) is 0 Å². The molecule has 0 amide bonds. The van der Waals surface area contributed by atoms with E-state index in [0.29, 0.717) is 6.04 Å². The Morgan fingerprint density at radius 1 is 1.60 bits per heavy atom. The van der Waals surface area contributed by atoms with Gasteiger partial charge in [-0.15, -0.1) is 0 Å². The molecule has 0 bridgehead atoms. The van der Waals surface area contributed by atoms with Crippen molar-refractivity contribution in [2.24, 2.45) is 0 Å². The van der Waals surface area contributed by atoms with Gasteiger partial charge < -0.3 is 10.4 Å². The molecule has 1 rings (SSSR count). The molecule has 1 atom stereocenters. The first-order chi connectivity index (χ1) is 4.58. The van der Waals surface area contributed by atoms with E-state index < -0.39 is 5.60 Å². The third kappa shape index (κ3) is 2.67. The standard InChI is InChI=1S/C8H17NO/c1-8(2,10)6-7-4-3-5-9-7/h7,9-10H,3-6H2,1-2H3/t7-/m1/s1. The van der Waals surface area contributed by atoms with Gasteiger partial charge in [0.2, 0.25) is 0 Å². The van der Waals surface area contributed by atoms with Crippen LogP contribution in [0.1, 0.15) is 33.1 Å². The minimum Gasteiger partial charge on any atom is -0.390 e. The summed E-state index contributed by atoms with van der Waals surface area (Å²) in [7, 11) is 0. The molecule has 0 saturated carbocycles. The zero-order valence-corrected chi connectivity index (χ0v) is 6.85. The van der Waals surface area contributed by atoms with Crippen molar-refractivity contribution in [3.05, 3.63) is 0 Å². The molecule has 60 valence electrons. The second-order valence-corrected chi connectivity index (χ2v) is 3.81. The van der Waals surface area contributed by atoms with Crippen LogP contribution in [0, 0.1) is 0 Å². The van der Waals surface area contributed by atoms with Crippen LogP contribution in [0.2, 0.25) is 0 Å². The molecule has 0 aliphatic carbocycles. The van der Waals surface area contributed by atoms with Gasteiger partial charge in [0.25, 0.3) is 0 Å². The summed E-state index contributed by atoms with van der Waals surface area (Å²) < 4.78 is 0. The summed E-state index contributed by atoms with van der Waals surface area (Å²) in [4.78, 5) is 0. The Morgan fingerprint density at radius 3 is 2.70 bits per heavy atom. The predicted octanol–water partition coefficient (Wildman–Crippen LogP) is 0.899. The average molecular weight is 143 g/mol. The molecular formula is C8H17NO. The molecule has 2 N–H and O–H groups in total. The monoisotopic (exact) mass is 143 g/mol. The van der Waals surface area contributed by atoms with Gasteiger partial charge in [-0.05, 0) is 39.7 Å². The fourth-order valence-corrected chi connectivity index (χ4v) is 1.53.